The van der Waals surface area contributed by atoms with E-state index in [-0.39, 0.29) is 5.91 Å². The molecule has 0 spiro atoms. The van der Waals surface area contributed by atoms with E-state index in [9.17, 15) is 4.79 Å². The summed E-state index contributed by atoms with van der Waals surface area (Å²) in [7, 11) is 0. The van der Waals surface area contributed by atoms with Crippen LogP contribution in [0.1, 0.15) is 49.9 Å². The van der Waals surface area contributed by atoms with E-state index in [1.807, 2.05) is 4.90 Å². The predicted molar refractivity (Wildman–Crippen MR) is 82.4 cm³/mol. The molecule has 20 heavy (non-hydrogen) atoms. The summed E-state index contributed by atoms with van der Waals surface area (Å²) in [4.78, 5) is 18.8. The zero-order valence-corrected chi connectivity index (χ0v) is 12.9. The lowest BCUT2D eigenvalue weighted by Gasteiger charge is -2.22. The fourth-order valence-electron chi connectivity index (χ4n) is 2.18. The highest BCUT2D eigenvalue weighted by Crippen LogP contribution is 2.30. The zero-order chi connectivity index (χ0) is 14.5. The molecule has 110 valence electrons. The molecular weight excluding hydrogens is 274 g/mol. The van der Waals surface area contributed by atoms with Gasteiger partial charge < -0.3 is 10.2 Å². The minimum absolute atomic E-state index is 0.0290. The predicted octanol–water partition coefficient (Wildman–Crippen LogP) is 3.57. The summed E-state index contributed by atoms with van der Waals surface area (Å²) < 4.78 is 0. The van der Waals surface area contributed by atoms with Crippen LogP contribution in [0.3, 0.4) is 0 Å². The molecule has 5 heteroatoms. The Morgan fingerprint density at radius 3 is 2.80 bits per heavy atom. The van der Waals surface area contributed by atoms with Crippen LogP contribution in [0.25, 0.3) is 0 Å². The van der Waals surface area contributed by atoms with Crippen molar-refractivity contribution in [3.05, 3.63) is 22.8 Å². The third-order valence-electron chi connectivity index (χ3n) is 3.35. The smallest absolute Gasteiger partial charge is 0.255 e. The molecule has 1 aromatic heterocycles. The molecule has 1 aliphatic rings. The maximum Gasteiger partial charge on any atom is 0.255 e. The summed E-state index contributed by atoms with van der Waals surface area (Å²) in [6, 6.07) is 2.17. The van der Waals surface area contributed by atoms with Crippen molar-refractivity contribution in [1.29, 1.82) is 0 Å². The normalized spacial score (nSPS) is 14.2. The number of nitrogens with zero attached hydrogens (tertiary/aromatic N) is 2. The number of hydrogen-bond acceptors (Lipinski definition) is 3. The topological polar surface area (TPSA) is 45.2 Å². The highest BCUT2D eigenvalue weighted by Gasteiger charge is 2.33. The molecule has 0 aromatic carbocycles. The van der Waals surface area contributed by atoms with Crippen molar-refractivity contribution in [2.45, 2.75) is 45.6 Å². The summed E-state index contributed by atoms with van der Waals surface area (Å²) >= 11 is 6.16. The second kappa shape index (κ2) is 6.93. The fourth-order valence-corrected chi connectivity index (χ4v) is 2.37. The Morgan fingerprint density at radius 1 is 1.45 bits per heavy atom. The standard InChI is InChI=1S/C15H22ClN3O/c1-3-7-17-14-9-12(13(16)10-18-14)15(20)19(8-4-2)11-5-6-11/h9-11H,3-8H2,1-2H3,(H,17,18). The molecule has 0 unspecified atom stereocenters. The van der Waals surface area contributed by atoms with Crippen LogP contribution >= 0.6 is 11.6 Å². The van der Waals surface area contributed by atoms with Gasteiger partial charge in [-0.05, 0) is 31.7 Å². The minimum Gasteiger partial charge on any atom is -0.370 e. The Morgan fingerprint density at radius 2 is 2.20 bits per heavy atom. The van der Waals surface area contributed by atoms with E-state index in [0.29, 0.717) is 22.4 Å². The van der Waals surface area contributed by atoms with Crippen LogP contribution in [-0.4, -0.2) is 34.9 Å². The third kappa shape index (κ3) is 3.63. The first-order valence-electron chi connectivity index (χ1n) is 7.37. The fraction of sp³-hybridized carbons (Fsp3) is 0.600. The van der Waals surface area contributed by atoms with E-state index in [0.717, 1.165) is 38.8 Å². The first kappa shape index (κ1) is 15.1. The van der Waals surface area contributed by atoms with E-state index in [1.54, 1.807) is 12.3 Å². The molecule has 4 nitrogen and oxygen atoms in total. The summed E-state index contributed by atoms with van der Waals surface area (Å²) in [6.45, 7) is 5.81. The van der Waals surface area contributed by atoms with Crippen LogP contribution < -0.4 is 5.32 Å². The van der Waals surface area contributed by atoms with Gasteiger partial charge in [-0.3, -0.25) is 4.79 Å². The van der Waals surface area contributed by atoms with Crippen molar-refractivity contribution in [1.82, 2.24) is 9.88 Å². The molecule has 1 N–H and O–H groups in total. The Balaban J connectivity index is 2.18. The number of hydrogen-bond donors (Lipinski definition) is 1. The molecule has 1 aliphatic carbocycles. The molecule has 0 atom stereocenters. The van der Waals surface area contributed by atoms with Gasteiger partial charge in [0, 0.05) is 25.3 Å². The van der Waals surface area contributed by atoms with Gasteiger partial charge in [0.05, 0.1) is 10.6 Å². The minimum atomic E-state index is 0.0290. The highest BCUT2D eigenvalue weighted by atomic mass is 35.5. The molecule has 1 fully saturated rings. The van der Waals surface area contributed by atoms with E-state index >= 15 is 0 Å². The lowest BCUT2D eigenvalue weighted by atomic mass is 10.2. The molecule has 1 heterocycles. The number of pyridine rings is 1. The average molecular weight is 296 g/mol. The van der Waals surface area contributed by atoms with E-state index in [1.165, 1.54) is 0 Å². The molecule has 0 saturated heterocycles. The molecule has 0 bridgehead atoms. The maximum absolute atomic E-state index is 12.6. The molecule has 0 radical (unpaired) electrons. The van der Waals surface area contributed by atoms with Crippen molar-refractivity contribution >= 4 is 23.3 Å². The largest absolute Gasteiger partial charge is 0.370 e. The van der Waals surface area contributed by atoms with Gasteiger partial charge in [-0.15, -0.1) is 0 Å². The number of aromatic nitrogens is 1. The molecule has 1 amide bonds. The number of halogens is 1. The van der Waals surface area contributed by atoms with Gasteiger partial charge in [-0.25, -0.2) is 4.98 Å². The molecule has 0 aliphatic heterocycles. The first-order chi connectivity index (χ1) is 9.67. The maximum atomic E-state index is 12.6. The Bertz CT molecular complexity index is 474. The molecular formula is C15H22ClN3O. The lowest BCUT2D eigenvalue weighted by Crippen LogP contribution is -2.34. The van der Waals surface area contributed by atoms with Crippen LogP contribution in [0.4, 0.5) is 5.82 Å². The summed E-state index contributed by atoms with van der Waals surface area (Å²) in [5, 5.41) is 3.62. The van der Waals surface area contributed by atoms with Crippen LogP contribution in [0.2, 0.25) is 5.02 Å². The number of rotatable bonds is 7. The van der Waals surface area contributed by atoms with Crippen LogP contribution in [0.15, 0.2) is 12.3 Å². The van der Waals surface area contributed by atoms with E-state index < -0.39 is 0 Å². The SMILES string of the molecule is CCCNc1cc(C(=O)N(CCC)C2CC2)c(Cl)cn1. The molecule has 1 saturated carbocycles. The monoisotopic (exact) mass is 295 g/mol. The lowest BCUT2D eigenvalue weighted by molar-refractivity contribution is 0.0743. The molecule has 1 aromatic rings. The van der Waals surface area contributed by atoms with Crippen molar-refractivity contribution < 1.29 is 4.79 Å². The zero-order valence-electron chi connectivity index (χ0n) is 12.2. The second-order valence-corrected chi connectivity index (χ2v) is 5.61. The van der Waals surface area contributed by atoms with E-state index in [2.05, 4.69) is 24.1 Å². The third-order valence-corrected chi connectivity index (χ3v) is 3.66. The van der Waals surface area contributed by atoms with Crippen LogP contribution in [-0.2, 0) is 0 Å². The van der Waals surface area contributed by atoms with Gasteiger partial charge in [0.25, 0.3) is 5.91 Å². The number of amides is 1. The Labute approximate surface area is 125 Å². The van der Waals surface area contributed by atoms with E-state index in [4.69, 9.17) is 11.6 Å². The Hall–Kier alpha value is -1.29. The van der Waals surface area contributed by atoms with Gasteiger partial charge in [0.2, 0.25) is 0 Å². The molecule has 2 rings (SSSR count). The van der Waals surface area contributed by atoms with Gasteiger partial charge in [0.1, 0.15) is 5.82 Å². The van der Waals surface area contributed by atoms with Gasteiger partial charge >= 0.3 is 0 Å². The number of anilines is 1. The summed E-state index contributed by atoms with van der Waals surface area (Å²) in [5.74, 6) is 0.744. The number of carbonyl (C=O) groups is 1. The van der Waals surface area contributed by atoms with Crippen molar-refractivity contribution in [3.63, 3.8) is 0 Å². The number of carbonyl (C=O) groups excluding carboxylic acids is 1. The highest BCUT2D eigenvalue weighted by molar-refractivity contribution is 6.33. The van der Waals surface area contributed by atoms with Crippen LogP contribution in [0, 0.1) is 0 Å². The average Bonchev–Trinajstić information content (AvgIpc) is 3.27. The quantitative estimate of drug-likeness (QED) is 0.836. The van der Waals surface area contributed by atoms with Crippen LogP contribution in [0.5, 0.6) is 0 Å². The van der Waals surface area contributed by atoms with Gasteiger partial charge in [-0.2, -0.15) is 0 Å². The van der Waals surface area contributed by atoms with Gasteiger partial charge in [0.15, 0.2) is 0 Å². The van der Waals surface area contributed by atoms with Crippen molar-refractivity contribution in [3.8, 4) is 0 Å². The summed E-state index contributed by atoms with van der Waals surface area (Å²) in [5.41, 5.74) is 0.556. The number of nitrogens with one attached hydrogen (secondary N) is 1. The van der Waals surface area contributed by atoms with Crippen molar-refractivity contribution in [2.24, 2.45) is 0 Å². The van der Waals surface area contributed by atoms with Gasteiger partial charge in [-0.1, -0.05) is 25.4 Å². The second-order valence-electron chi connectivity index (χ2n) is 5.21. The Kier molecular flexibility index (Phi) is 5.24. The summed E-state index contributed by atoms with van der Waals surface area (Å²) in [6.07, 6.45) is 5.75. The van der Waals surface area contributed by atoms with Crippen molar-refractivity contribution in [2.75, 3.05) is 18.4 Å². The first-order valence-corrected chi connectivity index (χ1v) is 7.75.